The van der Waals surface area contributed by atoms with E-state index in [4.69, 9.17) is 28.5 Å². The zero-order chi connectivity index (χ0) is 54.2. The van der Waals surface area contributed by atoms with Crippen LogP contribution in [0.2, 0.25) is 0 Å². The van der Waals surface area contributed by atoms with Crippen molar-refractivity contribution in [3.05, 3.63) is 53.9 Å². The third-order valence-corrected chi connectivity index (χ3v) is 10.0. The SMILES string of the molecule is CC(C)(C)OC(=O)NCCC[n+]1ccc(N(C(=O)OC(C)(C)C)c2ccc(OCC(O/N=C(\C(=O)NC3C(=O)N(OS(=O)(=O)O)C3(C)C)c3csc(NC(=O)OC(C)(C)C)n3)C(=O)OC(C)(C)C)cn2)cc1. The summed E-state index contributed by atoms with van der Waals surface area (Å²) < 4.78 is 66.0. The molecule has 0 aliphatic carbocycles. The fourth-order valence-corrected chi connectivity index (χ4v) is 7.13. The van der Waals surface area contributed by atoms with E-state index in [0.29, 0.717) is 30.3 Å². The highest BCUT2D eigenvalue weighted by atomic mass is 32.3. The molecule has 3 aromatic heterocycles. The van der Waals surface area contributed by atoms with Crippen molar-refractivity contribution in [2.75, 3.05) is 23.4 Å². The van der Waals surface area contributed by atoms with E-state index in [1.165, 1.54) is 42.5 Å². The maximum Gasteiger partial charge on any atom is 0.420 e. The molecule has 2 unspecified atom stereocenters. The Kier molecular flexibility index (Phi) is 18.3. The molecular weight excluding hydrogens is 987 g/mol. The fourth-order valence-electron chi connectivity index (χ4n) is 5.99. The molecule has 4 heterocycles. The Morgan fingerprint density at radius 3 is 2.03 bits per heavy atom. The third kappa shape index (κ3) is 18.2. The topological polar surface area (TPSA) is 306 Å². The molecule has 3 aromatic rings. The van der Waals surface area contributed by atoms with Gasteiger partial charge in [-0.2, -0.15) is 13.5 Å². The molecule has 0 aromatic carbocycles. The smallest absolute Gasteiger partial charge is 0.420 e. The highest BCUT2D eigenvalue weighted by molar-refractivity contribution is 7.80. The number of oxime groups is 1. The lowest BCUT2D eigenvalue weighted by atomic mass is 9.84. The number of hydrogen-bond donors (Lipinski definition) is 4. The van der Waals surface area contributed by atoms with Gasteiger partial charge in [-0.25, -0.2) is 38.6 Å². The van der Waals surface area contributed by atoms with Crippen molar-refractivity contribution in [3.63, 3.8) is 0 Å². The van der Waals surface area contributed by atoms with Crippen LogP contribution in [0.5, 0.6) is 5.75 Å². The highest BCUT2D eigenvalue weighted by Gasteiger charge is 2.58. The van der Waals surface area contributed by atoms with Crippen LogP contribution in [-0.2, 0) is 59.4 Å². The predicted molar refractivity (Wildman–Crippen MR) is 258 cm³/mol. The molecule has 2 atom stereocenters. The Labute approximate surface area is 421 Å². The summed E-state index contributed by atoms with van der Waals surface area (Å²) in [6.07, 6.45) is 1.58. The summed E-state index contributed by atoms with van der Waals surface area (Å²) in [5.74, 6) is -2.92. The van der Waals surface area contributed by atoms with Gasteiger partial charge in [-0.15, -0.1) is 15.6 Å². The van der Waals surface area contributed by atoms with Gasteiger partial charge >= 0.3 is 34.6 Å². The number of hydrogen-bond acceptors (Lipinski definition) is 19. The van der Waals surface area contributed by atoms with Crippen molar-refractivity contribution in [2.45, 2.75) is 150 Å². The quantitative estimate of drug-likeness (QED) is 0.0178. The summed E-state index contributed by atoms with van der Waals surface area (Å²) in [4.78, 5) is 94.3. The number of pyridine rings is 2. The second kappa shape index (κ2) is 22.8. The molecule has 0 bridgehead atoms. The molecule has 72 heavy (non-hydrogen) atoms. The van der Waals surface area contributed by atoms with Gasteiger partial charge in [0.1, 0.15) is 58.9 Å². The van der Waals surface area contributed by atoms with E-state index in [1.54, 1.807) is 108 Å². The number of β-lactam (4-membered cyclic amide) rings is 1. The van der Waals surface area contributed by atoms with Gasteiger partial charge in [0.05, 0.1) is 17.4 Å². The average molecular weight is 1050 g/mol. The molecule has 27 heteroatoms. The summed E-state index contributed by atoms with van der Waals surface area (Å²) >= 11 is 0.862. The molecule has 4 rings (SSSR count). The Bertz CT molecular complexity index is 2580. The summed E-state index contributed by atoms with van der Waals surface area (Å²) in [6, 6.07) is 4.89. The van der Waals surface area contributed by atoms with Crippen molar-refractivity contribution < 1.29 is 79.1 Å². The van der Waals surface area contributed by atoms with Gasteiger partial charge in [-0.3, -0.25) is 19.5 Å². The zero-order valence-corrected chi connectivity index (χ0v) is 44.3. The number of nitrogens with one attached hydrogen (secondary N) is 3. The summed E-state index contributed by atoms with van der Waals surface area (Å²) in [5.41, 5.74) is -5.36. The lowest BCUT2D eigenvalue weighted by molar-refractivity contribution is -0.697. The third-order valence-electron chi connectivity index (χ3n) is 8.95. The van der Waals surface area contributed by atoms with E-state index < -0.39 is 98.9 Å². The Morgan fingerprint density at radius 1 is 0.889 bits per heavy atom. The van der Waals surface area contributed by atoms with Crippen LogP contribution >= 0.6 is 11.3 Å². The van der Waals surface area contributed by atoms with E-state index in [2.05, 4.69) is 35.4 Å². The molecule has 25 nitrogen and oxygen atoms in total. The minimum atomic E-state index is -5.12. The summed E-state index contributed by atoms with van der Waals surface area (Å²) in [5, 5.41) is 13.2. The monoisotopic (exact) mass is 1050 g/mol. The number of carbonyl (C=O) groups excluding carboxylic acids is 6. The van der Waals surface area contributed by atoms with Gasteiger partial charge < -0.3 is 39.2 Å². The number of ether oxygens (including phenoxy) is 5. The Hall–Kier alpha value is -6.71. The number of alkyl carbamates (subject to hydrolysis) is 1. The molecule has 4 N–H and O–H groups in total. The number of hydroxylamine groups is 2. The maximum atomic E-state index is 14.0. The predicted octanol–water partition coefficient (Wildman–Crippen LogP) is 5.51. The number of nitrogens with zero attached hydrogens (tertiary/aromatic N) is 6. The molecule has 396 valence electrons. The van der Waals surface area contributed by atoms with E-state index in [0.717, 1.165) is 11.3 Å². The number of amides is 5. The Morgan fingerprint density at radius 2 is 1.49 bits per heavy atom. The second-order valence-electron chi connectivity index (χ2n) is 20.5. The van der Waals surface area contributed by atoms with Crippen LogP contribution in [0.15, 0.2) is 53.4 Å². The van der Waals surface area contributed by atoms with Crippen LogP contribution in [0.3, 0.4) is 0 Å². The van der Waals surface area contributed by atoms with Crippen molar-refractivity contribution in [3.8, 4) is 5.75 Å². The van der Waals surface area contributed by atoms with E-state index in [9.17, 15) is 41.7 Å². The van der Waals surface area contributed by atoms with Crippen LogP contribution in [0, 0.1) is 0 Å². The minimum Gasteiger partial charge on any atom is -0.487 e. The second-order valence-corrected chi connectivity index (χ2v) is 22.3. The molecular formula is C45H64N9O16S2+. The highest BCUT2D eigenvalue weighted by Crippen LogP contribution is 2.33. The molecule has 1 saturated heterocycles. The minimum absolute atomic E-state index is 0.0434. The number of anilines is 3. The molecule has 0 saturated carbocycles. The number of carbonyl (C=O) groups is 6. The van der Waals surface area contributed by atoms with E-state index in [1.807, 2.05) is 4.57 Å². The first-order chi connectivity index (χ1) is 33.0. The van der Waals surface area contributed by atoms with Crippen molar-refractivity contribution in [1.29, 1.82) is 0 Å². The molecule has 0 radical (unpaired) electrons. The molecule has 1 fully saturated rings. The van der Waals surface area contributed by atoms with Gasteiger partial charge in [0.2, 0.25) is 0 Å². The molecule has 1 aliphatic rings. The molecule has 0 spiro atoms. The van der Waals surface area contributed by atoms with Gasteiger partial charge in [-0.05, 0) is 109 Å². The summed E-state index contributed by atoms with van der Waals surface area (Å²) in [7, 11) is -5.12. The van der Waals surface area contributed by atoms with Gasteiger partial charge in [-0.1, -0.05) is 5.16 Å². The van der Waals surface area contributed by atoms with Gasteiger partial charge in [0.25, 0.3) is 17.9 Å². The van der Waals surface area contributed by atoms with Crippen LogP contribution < -0.4 is 30.2 Å². The van der Waals surface area contributed by atoms with Crippen LogP contribution in [0.4, 0.5) is 31.0 Å². The first kappa shape index (κ1) is 57.9. The number of esters is 1. The van der Waals surface area contributed by atoms with Gasteiger partial charge in [0.15, 0.2) is 23.2 Å². The molecule has 5 amide bonds. The normalized spacial score (nSPS) is 15.5. The zero-order valence-electron chi connectivity index (χ0n) is 42.7. The van der Waals surface area contributed by atoms with Crippen LogP contribution in [-0.4, -0.2) is 123 Å². The number of thiazole rings is 1. The first-order valence-corrected chi connectivity index (χ1v) is 24.6. The number of aromatic nitrogens is 3. The lowest BCUT2D eigenvalue weighted by Gasteiger charge is -2.50. The van der Waals surface area contributed by atoms with Crippen LogP contribution in [0.25, 0.3) is 0 Å². The largest absolute Gasteiger partial charge is 0.487 e. The van der Waals surface area contributed by atoms with Crippen molar-refractivity contribution in [1.82, 2.24) is 25.7 Å². The van der Waals surface area contributed by atoms with Crippen LogP contribution in [0.1, 0.15) is 109 Å². The number of rotatable bonds is 18. The first-order valence-electron chi connectivity index (χ1n) is 22.3. The fraction of sp³-hybridized carbons (Fsp3) is 0.556. The van der Waals surface area contributed by atoms with Crippen molar-refractivity contribution >= 4 is 80.1 Å². The maximum absolute atomic E-state index is 14.0. The van der Waals surface area contributed by atoms with Gasteiger partial charge in [0, 0.05) is 30.5 Å². The Balaban J connectivity index is 1.60. The average Bonchev–Trinajstić information content (AvgIpc) is 3.67. The number of aryl methyl sites for hydroxylation is 1. The standard InChI is InChI=1S/C45H63N9O16S2/c1-41(2,3)65-36(57)30(69-51-32(29-26-71-37(48-29)50-39(59)67-43(7,8)9)34(55)49-33-35(56)54(45(33,13)14)70-72(61,62)63)25-64-28-16-17-31(47-24-28)53(40(60)68-44(10,11)12)27-18-22-52(23-19-27)21-15-20-46-38(58)66-42(4,5)6/h16-19,22-24,26,30,33H,15,20-21,25H2,1-14H3,(H3-,46,48,49,50,55,58,59,61,62,63)/p+1/b51-32-. The van der Waals surface area contributed by atoms with Crippen molar-refractivity contribution in [2.24, 2.45) is 5.16 Å². The lowest BCUT2D eigenvalue weighted by Crippen LogP contribution is -2.76. The molecule has 1 aliphatic heterocycles. The van der Waals surface area contributed by atoms with E-state index >= 15 is 0 Å². The van der Waals surface area contributed by atoms with E-state index in [-0.39, 0.29) is 22.4 Å². The summed E-state index contributed by atoms with van der Waals surface area (Å²) in [6.45, 7) is 23.2.